The third-order valence-electron chi connectivity index (χ3n) is 3.23. The highest BCUT2D eigenvalue weighted by Crippen LogP contribution is 2.28. The summed E-state index contributed by atoms with van der Waals surface area (Å²) >= 11 is 9.96. The summed E-state index contributed by atoms with van der Waals surface area (Å²) in [5, 5.41) is 0.732. The Labute approximate surface area is 144 Å². The average Bonchev–Trinajstić information content (AvgIpc) is 2.53. The molecule has 0 saturated carbocycles. The van der Waals surface area contributed by atoms with E-state index in [1.54, 1.807) is 14.2 Å². The Bertz CT molecular complexity index is 614. The summed E-state index contributed by atoms with van der Waals surface area (Å²) in [6.45, 7) is 0.717. The van der Waals surface area contributed by atoms with Crippen LogP contribution in [0.2, 0.25) is 5.02 Å². The maximum Gasteiger partial charge on any atom is 0.146 e. The summed E-state index contributed by atoms with van der Waals surface area (Å²) in [6, 6.07) is 12.0. The number of methoxy groups -OCH3 is 2. The van der Waals surface area contributed by atoms with Crippen molar-refractivity contribution in [3.8, 4) is 5.75 Å². The van der Waals surface area contributed by atoms with Gasteiger partial charge in [-0.1, -0.05) is 39.7 Å². The molecule has 0 bridgehead atoms. The SMILES string of the molecule is COCOCc1cc(Cl)c(Cc2ccc(OC)cc2)cc1Br. The maximum absolute atomic E-state index is 6.39. The number of benzene rings is 2. The van der Waals surface area contributed by atoms with Gasteiger partial charge in [0.2, 0.25) is 0 Å². The summed E-state index contributed by atoms with van der Waals surface area (Å²) in [7, 11) is 3.26. The van der Waals surface area contributed by atoms with Crippen molar-refractivity contribution in [1.82, 2.24) is 0 Å². The Kier molecular flexibility index (Phi) is 6.70. The lowest BCUT2D eigenvalue weighted by atomic mass is 10.0. The van der Waals surface area contributed by atoms with Gasteiger partial charge in [-0.05, 0) is 47.4 Å². The highest BCUT2D eigenvalue weighted by molar-refractivity contribution is 9.10. The van der Waals surface area contributed by atoms with Crippen molar-refractivity contribution in [3.63, 3.8) is 0 Å². The van der Waals surface area contributed by atoms with Gasteiger partial charge in [0.1, 0.15) is 12.5 Å². The van der Waals surface area contributed by atoms with Gasteiger partial charge < -0.3 is 14.2 Å². The fourth-order valence-corrected chi connectivity index (χ4v) is 2.83. The first-order chi connectivity index (χ1) is 10.6. The Hall–Kier alpha value is -1.07. The summed E-state index contributed by atoms with van der Waals surface area (Å²) in [6.07, 6.45) is 0.765. The van der Waals surface area contributed by atoms with Crippen LogP contribution in [0, 0.1) is 0 Å². The van der Waals surface area contributed by atoms with E-state index in [0.717, 1.165) is 32.8 Å². The molecule has 0 fully saturated rings. The molecule has 0 amide bonds. The molecule has 0 aliphatic carbocycles. The van der Waals surface area contributed by atoms with E-state index in [9.17, 15) is 0 Å². The number of ether oxygens (including phenoxy) is 3. The van der Waals surface area contributed by atoms with Crippen LogP contribution in [0.1, 0.15) is 16.7 Å². The van der Waals surface area contributed by atoms with Gasteiger partial charge in [-0.2, -0.15) is 0 Å². The Morgan fingerprint density at radius 3 is 2.41 bits per heavy atom. The number of halogens is 2. The molecule has 22 heavy (non-hydrogen) atoms. The van der Waals surface area contributed by atoms with Crippen molar-refractivity contribution >= 4 is 27.5 Å². The first kappa shape index (κ1) is 17.3. The molecule has 118 valence electrons. The van der Waals surface area contributed by atoms with Gasteiger partial charge in [-0.15, -0.1) is 0 Å². The van der Waals surface area contributed by atoms with Crippen LogP contribution in [0.4, 0.5) is 0 Å². The molecule has 0 atom stereocenters. The molecule has 0 aromatic heterocycles. The zero-order valence-corrected chi connectivity index (χ0v) is 14.9. The lowest BCUT2D eigenvalue weighted by molar-refractivity contribution is -0.0392. The monoisotopic (exact) mass is 384 g/mol. The first-order valence-electron chi connectivity index (χ1n) is 6.80. The topological polar surface area (TPSA) is 27.7 Å². The predicted octanol–water partition coefficient (Wildman–Crippen LogP) is 4.82. The molecular weight excluding hydrogens is 368 g/mol. The van der Waals surface area contributed by atoms with Gasteiger partial charge in [0.15, 0.2) is 0 Å². The van der Waals surface area contributed by atoms with E-state index >= 15 is 0 Å². The summed E-state index contributed by atoms with van der Waals surface area (Å²) in [5.74, 6) is 0.849. The minimum atomic E-state index is 0.262. The van der Waals surface area contributed by atoms with Crippen molar-refractivity contribution in [1.29, 1.82) is 0 Å². The molecule has 2 aromatic rings. The third kappa shape index (κ3) is 4.71. The fraction of sp³-hybridized carbons (Fsp3) is 0.294. The third-order valence-corrected chi connectivity index (χ3v) is 4.32. The second-order valence-electron chi connectivity index (χ2n) is 4.81. The molecule has 3 nitrogen and oxygen atoms in total. The molecule has 2 rings (SSSR count). The normalized spacial score (nSPS) is 10.7. The van der Waals surface area contributed by atoms with Crippen molar-refractivity contribution in [2.75, 3.05) is 21.0 Å². The van der Waals surface area contributed by atoms with E-state index in [1.165, 1.54) is 5.56 Å². The van der Waals surface area contributed by atoms with E-state index in [0.29, 0.717) is 6.61 Å². The molecule has 0 aliphatic heterocycles. The molecule has 5 heteroatoms. The Balaban J connectivity index is 2.12. The molecule has 0 spiro atoms. The van der Waals surface area contributed by atoms with Crippen molar-refractivity contribution in [3.05, 3.63) is 62.6 Å². The second-order valence-corrected chi connectivity index (χ2v) is 6.08. The Morgan fingerprint density at radius 1 is 1.05 bits per heavy atom. The minimum Gasteiger partial charge on any atom is -0.497 e. The molecule has 0 unspecified atom stereocenters. The zero-order chi connectivity index (χ0) is 15.9. The average molecular weight is 386 g/mol. The molecule has 0 N–H and O–H groups in total. The molecule has 0 aliphatic rings. The van der Waals surface area contributed by atoms with E-state index < -0.39 is 0 Å². The van der Waals surface area contributed by atoms with E-state index in [4.69, 9.17) is 25.8 Å². The molecule has 0 heterocycles. The number of rotatable bonds is 7. The maximum atomic E-state index is 6.39. The van der Waals surface area contributed by atoms with E-state index in [1.807, 2.05) is 36.4 Å². The van der Waals surface area contributed by atoms with Gasteiger partial charge in [0.05, 0.1) is 13.7 Å². The first-order valence-corrected chi connectivity index (χ1v) is 7.97. The van der Waals surface area contributed by atoms with Crippen LogP contribution in [-0.4, -0.2) is 21.0 Å². The van der Waals surface area contributed by atoms with Crippen molar-refractivity contribution < 1.29 is 14.2 Å². The zero-order valence-electron chi connectivity index (χ0n) is 12.6. The summed E-state index contributed by atoms with van der Waals surface area (Å²) in [5.41, 5.74) is 3.24. The highest BCUT2D eigenvalue weighted by Gasteiger charge is 2.08. The van der Waals surface area contributed by atoms with Gasteiger partial charge in [0.25, 0.3) is 0 Å². The predicted molar refractivity (Wildman–Crippen MR) is 91.6 cm³/mol. The van der Waals surface area contributed by atoms with Gasteiger partial charge >= 0.3 is 0 Å². The van der Waals surface area contributed by atoms with Crippen LogP contribution in [-0.2, 0) is 22.5 Å². The van der Waals surface area contributed by atoms with Crippen LogP contribution in [0.3, 0.4) is 0 Å². The molecule has 0 radical (unpaired) electrons. The van der Waals surface area contributed by atoms with Crippen molar-refractivity contribution in [2.45, 2.75) is 13.0 Å². The van der Waals surface area contributed by atoms with Crippen molar-refractivity contribution in [2.24, 2.45) is 0 Å². The van der Waals surface area contributed by atoms with Crippen LogP contribution in [0.15, 0.2) is 40.9 Å². The molecule has 2 aromatic carbocycles. The number of hydrogen-bond acceptors (Lipinski definition) is 3. The lowest BCUT2D eigenvalue weighted by Crippen LogP contribution is -1.99. The number of hydrogen-bond donors (Lipinski definition) is 0. The van der Waals surface area contributed by atoms with Gasteiger partial charge in [0, 0.05) is 16.6 Å². The highest BCUT2D eigenvalue weighted by atomic mass is 79.9. The smallest absolute Gasteiger partial charge is 0.146 e. The molecule has 0 saturated heterocycles. The lowest BCUT2D eigenvalue weighted by Gasteiger charge is -2.11. The quantitative estimate of drug-likeness (QED) is 0.505. The van der Waals surface area contributed by atoms with Crippen LogP contribution >= 0.6 is 27.5 Å². The summed E-state index contributed by atoms with van der Waals surface area (Å²) < 4.78 is 16.4. The minimum absolute atomic E-state index is 0.262. The fourth-order valence-electron chi connectivity index (χ4n) is 2.07. The molecular formula is C17H18BrClO3. The second kappa shape index (κ2) is 8.53. The van der Waals surface area contributed by atoms with E-state index in [2.05, 4.69) is 15.9 Å². The summed E-state index contributed by atoms with van der Waals surface area (Å²) in [4.78, 5) is 0. The Morgan fingerprint density at radius 2 is 1.77 bits per heavy atom. The van der Waals surface area contributed by atoms with Gasteiger partial charge in [-0.3, -0.25) is 0 Å². The van der Waals surface area contributed by atoms with Crippen LogP contribution < -0.4 is 4.74 Å². The largest absolute Gasteiger partial charge is 0.497 e. The standard InChI is InChI=1S/C17H18BrClO3/c1-20-11-22-10-14-9-17(19)13(8-16(14)18)7-12-3-5-15(21-2)6-4-12/h3-6,8-9H,7,10-11H2,1-2H3. The van der Waals surface area contributed by atoms with Crippen LogP contribution in [0.25, 0.3) is 0 Å². The van der Waals surface area contributed by atoms with Gasteiger partial charge in [-0.25, -0.2) is 0 Å². The van der Waals surface area contributed by atoms with Crippen LogP contribution in [0.5, 0.6) is 5.75 Å². The van der Waals surface area contributed by atoms with E-state index in [-0.39, 0.29) is 6.79 Å².